The highest BCUT2D eigenvalue weighted by Crippen LogP contribution is 2.39. The topological polar surface area (TPSA) is 29.1 Å². The summed E-state index contributed by atoms with van der Waals surface area (Å²) in [5.41, 5.74) is 3.20. The SMILES string of the molecule is Cc1ccc(C)c(C(=O)CC2NCC3CCCC32)c1. The van der Waals surface area contributed by atoms with E-state index in [9.17, 15) is 4.79 Å². The molecule has 0 aromatic heterocycles. The number of benzene rings is 1. The Morgan fingerprint density at radius 2 is 2.16 bits per heavy atom. The highest BCUT2D eigenvalue weighted by Gasteiger charge is 2.39. The lowest BCUT2D eigenvalue weighted by Crippen LogP contribution is -2.29. The Morgan fingerprint density at radius 1 is 1.32 bits per heavy atom. The van der Waals surface area contributed by atoms with Crippen molar-refractivity contribution in [2.75, 3.05) is 6.54 Å². The zero-order valence-corrected chi connectivity index (χ0v) is 11.9. The van der Waals surface area contributed by atoms with Crippen molar-refractivity contribution < 1.29 is 4.79 Å². The number of rotatable bonds is 3. The lowest BCUT2D eigenvalue weighted by Gasteiger charge is -2.18. The monoisotopic (exact) mass is 257 g/mol. The highest BCUT2D eigenvalue weighted by atomic mass is 16.1. The molecule has 2 nitrogen and oxygen atoms in total. The molecule has 0 amide bonds. The summed E-state index contributed by atoms with van der Waals surface area (Å²) >= 11 is 0. The maximum Gasteiger partial charge on any atom is 0.164 e. The standard InChI is InChI=1S/C17H23NO/c1-11-6-7-12(2)15(8-11)17(19)9-16-14-5-3-4-13(14)10-18-16/h6-8,13-14,16,18H,3-5,9-10H2,1-2H3. The van der Waals surface area contributed by atoms with E-state index in [1.54, 1.807) is 0 Å². The van der Waals surface area contributed by atoms with Gasteiger partial charge in [-0.15, -0.1) is 0 Å². The third-order valence-electron chi connectivity index (χ3n) is 4.98. The molecular formula is C17H23NO. The van der Waals surface area contributed by atoms with E-state index in [-0.39, 0.29) is 0 Å². The van der Waals surface area contributed by atoms with Crippen LogP contribution in [-0.2, 0) is 0 Å². The average molecular weight is 257 g/mol. The van der Waals surface area contributed by atoms with E-state index in [1.165, 1.54) is 24.8 Å². The summed E-state index contributed by atoms with van der Waals surface area (Å²) in [6.07, 6.45) is 4.69. The van der Waals surface area contributed by atoms with E-state index < -0.39 is 0 Å². The molecule has 3 unspecified atom stereocenters. The van der Waals surface area contributed by atoms with Crippen LogP contribution in [0.2, 0.25) is 0 Å². The largest absolute Gasteiger partial charge is 0.313 e. The number of ketones is 1. The fraction of sp³-hybridized carbons (Fsp3) is 0.588. The molecule has 2 heteroatoms. The van der Waals surface area contributed by atoms with Crippen LogP contribution in [0.15, 0.2) is 18.2 Å². The zero-order valence-electron chi connectivity index (χ0n) is 11.9. The molecule has 0 bridgehead atoms. The summed E-state index contributed by atoms with van der Waals surface area (Å²) in [5.74, 6) is 1.89. The Kier molecular flexibility index (Phi) is 3.44. The predicted octanol–water partition coefficient (Wildman–Crippen LogP) is 3.26. The van der Waals surface area contributed by atoms with Crippen LogP contribution < -0.4 is 5.32 Å². The summed E-state index contributed by atoms with van der Waals surface area (Å²) in [7, 11) is 0. The number of fused-ring (bicyclic) bond motifs is 1. The van der Waals surface area contributed by atoms with Crippen molar-refractivity contribution in [3.63, 3.8) is 0 Å². The molecule has 3 rings (SSSR count). The Hall–Kier alpha value is -1.15. The van der Waals surface area contributed by atoms with E-state index in [4.69, 9.17) is 0 Å². The molecule has 1 saturated heterocycles. The van der Waals surface area contributed by atoms with Gasteiger partial charge in [0.15, 0.2) is 5.78 Å². The molecule has 1 aliphatic carbocycles. The average Bonchev–Trinajstić information content (AvgIpc) is 2.97. The smallest absolute Gasteiger partial charge is 0.164 e. The van der Waals surface area contributed by atoms with Gasteiger partial charge in [-0.1, -0.05) is 24.1 Å². The van der Waals surface area contributed by atoms with Crippen LogP contribution >= 0.6 is 0 Å². The maximum atomic E-state index is 12.5. The second kappa shape index (κ2) is 5.09. The van der Waals surface area contributed by atoms with Gasteiger partial charge in [-0.05, 0) is 56.7 Å². The van der Waals surface area contributed by atoms with Crippen molar-refractivity contribution in [3.8, 4) is 0 Å². The van der Waals surface area contributed by atoms with Crippen molar-refractivity contribution in [3.05, 3.63) is 34.9 Å². The molecule has 1 N–H and O–H groups in total. The molecule has 1 aliphatic heterocycles. The number of carbonyl (C=O) groups is 1. The summed E-state index contributed by atoms with van der Waals surface area (Å²) in [5, 5.41) is 3.57. The van der Waals surface area contributed by atoms with Crippen LogP contribution in [-0.4, -0.2) is 18.4 Å². The molecular weight excluding hydrogens is 234 g/mol. The van der Waals surface area contributed by atoms with Gasteiger partial charge in [0.2, 0.25) is 0 Å². The molecule has 102 valence electrons. The van der Waals surface area contributed by atoms with Crippen molar-refractivity contribution in [2.24, 2.45) is 11.8 Å². The maximum absolute atomic E-state index is 12.5. The molecule has 1 aromatic rings. The van der Waals surface area contributed by atoms with E-state index >= 15 is 0 Å². The first kappa shape index (κ1) is 12.9. The van der Waals surface area contributed by atoms with E-state index in [0.717, 1.165) is 29.5 Å². The van der Waals surface area contributed by atoms with E-state index in [1.807, 2.05) is 13.0 Å². The number of nitrogens with one attached hydrogen (secondary N) is 1. The number of carbonyl (C=O) groups excluding carboxylic acids is 1. The van der Waals surface area contributed by atoms with Crippen molar-refractivity contribution in [1.82, 2.24) is 5.32 Å². The van der Waals surface area contributed by atoms with Crippen LogP contribution in [0.3, 0.4) is 0 Å². The van der Waals surface area contributed by atoms with Gasteiger partial charge in [-0.3, -0.25) is 4.79 Å². The van der Waals surface area contributed by atoms with Gasteiger partial charge >= 0.3 is 0 Å². The fourth-order valence-electron chi connectivity index (χ4n) is 3.87. The number of hydrogen-bond donors (Lipinski definition) is 1. The predicted molar refractivity (Wildman–Crippen MR) is 77.5 cm³/mol. The number of hydrogen-bond acceptors (Lipinski definition) is 2. The number of aryl methyl sites for hydroxylation is 2. The number of Topliss-reactive ketones (excluding diaryl/α,β-unsaturated/α-hetero) is 1. The minimum absolute atomic E-state index is 0.311. The molecule has 3 atom stereocenters. The second-order valence-electron chi connectivity index (χ2n) is 6.32. The van der Waals surface area contributed by atoms with E-state index in [0.29, 0.717) is 18.2 Å². The first-order valence-corrected chi connectivity index (χ1v) is 7.49. The van der Waals surface area contributed by atoms with Crippen LogP contribution in [0.25, 0.3) is 0 Å². The minimum Gasteiger partial charge on any atom is -0.313 e. The van der Waals surface area contributed by atoms with Crippen molar-refractivity contribution in [1.29, 1.82) is 0 Å². The van der Waals surface area contributed by atoms with Gasteiger partial charge in [0, 0.05) is 18.0 Å². The molecule has 1 saturated carbocycles. The fourth-order valence-corrected chi connectivity index (χ4v) is 3.87. The normalized spacial score (nSPS) is 29.5. The van der Waals surface area contributed by atoms with Gasteiger partial charge in [-0.25, -0.2) is 0 Å². The summed E-state index contributed by atoms with van der Waals surface area (Å²) < 4.78 is 0. The van der Waals surface area contributed by atoms with Crippen LogP contribution in [0.4, 0.5) is 0 Å². The van der Waals surface area contributed by atoms with Gasteiger partial charge in [0.05, 0.1) is 0 Å². The Morgan fingerprint density at radius 3 is 3.00 bits per heavy atom. The van der Waals surface area contributed by atoms with Gasteiger partial charge < -0.3 is 5.32 Å². The van der Waals surface area contributed by atoms with Crippen molar-refractivity contribution in [2.45, 2.75) is 45.6 Å². The van der Waals surface area contributed by atoms with Crippen LogP contribution in [0.1, 0.15) is 47.2 Å². The van der Waals surface area contributed by atoms with E-state index in [2.05, 4.69) is 24.4 Å². The van der Waals surface area contributed by atoms with Crippen molar-refractivity contribution >= 4 is 5.78 Å². The molecule has 2 aliphatic rings. The summed E-state index contributed by atoms with van der Waals surface area (Å²) in [6.45, 7) is 5.21. The van der Waals surface area contributed by atoms with Gasteiger partial charge in [-0.2, -0.15) is 0 Å². The second-order valence-corrected chi connectivity index (χ2v) is 6.32. The third kappa shape index (κ3) is 2.46. The lowest BCUT2D eigenvalue weighted by molar-refractivity contribution is 0.0963. The molecule has 19 heavy (non-hydrogen) atoms. The summed E-state index contributed by atoms with van der Waals surface area (Å²) in [6, 6.07) is 6.59. The Bertz CT molecular complexity index is 494. The summed E-state index contributed by atoms with van der Waals surface area (Å²) in [4.78, 5) is 12.5. The molecule has 1 heterocycles. The molecule has 0 radical (unpaired) electrons. The van der Waals surface area contributed by atoms with Gasteiger partial charge in [0.1, 0.15) is 0 Å². The molecule has 2 fully saturated rings. The highest BCUT2D eigenvalue weighted by molar-refractivity contribution is 5.98. The molecule has 1 aromatic carbocycles. The first-order valence-electron chi connectivity index (χ1n) is 7.49. The lowest BCUT2D eigenvalue weighted by atomic mass is 9.89. The Balaban J connectivity index is 1.73. The molecule has 0 spiro atoms. The zero-order chi connectivity index (χ0) is 13.4. The quantitative estimate of drug-likeness (QED) is 0.842. The Labute approximate surface area is 115 Å². The van der Waals surface area contributed by atoms with Crippen LogP contribution in [0, 0.1) is 25.7 Å². The first-order chi connectivity index (χ1) is 9.15. The van der Waals surface area contributed by atoms with Gasteiger partial charge in [0.25, 0.3) is 0 Å². The van der Waals surface area contributed by atoms with Crippen LogP contribution in [0.5, 0.6) is 0 Å². The third-order valence-corrected chi connectivity index (χ3v) is 4.98. The minimum atomic E-state index is 0.311.